The van der Waals surface area contributed by atoms with Crippen LogP contribution in [0.3, 0.4) is 0 Å². The minimum absolute atomic E-state index is 0.109. The molecule has 0 unspecified atom stereocenters. The largest absolute Gasteiger partial charge is 0.341 e. The lowest BCUT2D eigenvalue weighted by Crippen LogP contribution is -2.42. The van der Waals surface area contributed by atoms with Crippen LogP contribution in [0.1, 0.15) is 0 Å². The van der Waals surface area contributed by atoms with Gasteiger partial charge in [-0.3, -0.25) is 15.0 Å². The van der Waals surface area contributed by atoms with E-state index in [9.17, 15) is 9.59 Å². The van der Waals surface area contributed by atoms with Crippen LogP contribution < -0.4 is 10.6 Å². The number of hydrogen-bond acceptors (Lipinski definition) is 3. The number of nitrogens with zero attached hydrogens (tertiary/aromatic N) is 1. The van der Waals surface area contributed by atoms with Gasteiger partial charge in [-0.05, 0) is 7.05 Å². The molecule has 0 rings (SSSR count). The van der Waals surface area contributed by atoms with Gasteiger partial charge in [-0.1, -0.05) is 5.92 Å². The molecule has 0 radical (unpaired) electrons. The number of imide groups is 1. The van der Waals surface area contributed by atoms with Gasteiger partial charge in [0.1, 0.15) is 0 Å². The first-order valence-corrected chi connectivity index (χ1v) is 3.73. The third-order valence-electron chi connectivity index (χ3n) is 1.25. The fourth-order valence-corrected chi connectivity index (χ4v) is 0.686. The quantitative estimate of drug-likeness (QED) is 0.552. The van der Waals surface area contributed by atoms with Crippen molar-refractivity contribution in [3.63, 3.8) is 0 Å². The highest BCUT2D eigenvalue weighted by molar-refractivity contribution is 5.95. The topological polar surface area (TPSA) is 61.4 Å². The molecule has 5 nitrogen and oxygen atoms in total. The molecule has 0 aromatic heterocycles. The van der Waals surface area contributed by atoms with E-state index < -0.39 is 6.03 Å². The second-order valence-electron chi connectivity index (χ2n) is 2.50. The Hall–Kier alpha value is -1.54. The molecule has 0 bridgehead atoms. The highest BCUT2D eigenvalue weighted by Gasteiger charge is 2.07. The Bertz CT molecular complexity index is 232. The maximum absolute atomic E-state index is 11.0. The summed E-state index contributed by atoms with van der Waals surface area (Å²) in [5.41, 5.74) is 0. The normalized spacial score (nSPS) is 9.08. The van der Waals surface area contributed by atoms with Crippen molar-refractivity contribution < 1.29 is 9.59 Å². The highest BCUT2D eigenvalue weighted by atomic mass is 16.2. The van der Waals surface area contributed by atoms with E-state index in [-0.39, 0.29) is 12.5 Å². The highest BCUT2D eigenvalue weighted by Crippen LogP contribution is 1.79. The molecule has 0 spiro atoms. The number of hydrogen-bond donors (Lipinski definition) is 2. The van der Waals surface area contributed by atoms with Gasteiger partial charge in [0.15, 0.2) is 0 Å². The van der Waals surface area contributed by atoms with Crippen molar-refractivity contribution in [2.24, 2.45) is 0 Å². The van der Waals surface area contributed by atoms with Crippen LogP contribution in [0.2, 0.25) is 0 Å². The first-order chi connectivity index (χ1) is 6.10. The molecule has 0 aromatic carbocycles. The SMILES string of the molecule is C#CCN(C)CC(=O)NC(=O)NC. The van der Waals surface area contributed by atoms with Gasteiger partial charge in [0, 0.05) is 7.05 Å². The van der Waals surface area contributed by atoms with Crippen LogP contribution in [0.5, 0.6) is 0 Å². The Balaban J connectivity index is 3.75. The van der Waals surface area contributed by atoms with E-state index in [1.54, 1.807) is 11.9 Å². The fourth-order valence-electron chi connectivity index (χ4n) is 0.686. The van der Waals surface area contributed by atoms with Crippen molar-refractivity contribution in [3.05, 3.63) is 0 Å². The van der Waals surface area contributed by atoms with Crippen LogP contribution in [-0.2, 0) is 4.79 Å². The van der Waals surface area contributed by atoms with E-state index in [1.807, 2.05) is 0 Å². The van der Waals surface area contributed by atoms with Crippen molar-refractivity contribution >= 4 is 11.9 Å². The third-order valence-corrected chi connectivity index (χ3v) is 1.25. The second-order valence-corrected chi connectivity index (χ2v) is 2.50. The molecule has 0 aliphatic carbocycles. The maximum atomic E-state index is 11.0. The van der Waals surface area contributed by atoms with E-state index in [0.717, 1.165) is 0 Å². The van der Waals surface area contributed by atoms with Crippen LogP contribution in [0.4, 0.5) is 4.79 Å². The number of nitrogens with one attached hydrogen (secondary N) is 2. The second kappa shape index (κ2) is 6.03. The standard InChI is InChI=1S/C8H13N3O2/c1-4-5-11(3)6-7(12)10-8(13)9-2/h1H,5-6H2,2-3H3,(H2,9,10,12,13). The van der Waals surface area contributed by atoms with Crippen LogP contribution in [0, 0.1) is 12.3 Å². The molecule has 5 heteroatoms. The Morgan fingerprint density at radius 2 is 2.15 bits per heavy atom. The summed E-state index contributed by atoms with van der Waals surface area (Å²) in [5, 5.41) is 4.39. The van der Waals surface area contributed by atoms with Crippen molar-refractivity contribution in [2.45, 2.75) is 0 Å². The Morgan fingerprint density at radius 3 is 2.62 bits per heavy atom. The molecule has 0 fully saturated rings. The Morgan fingerprint density at radius 1 is 1.54 bits per heavy atom. The number of carbonyl (C=O) groups is 2. The third kappa shape index (κ3) is 5.70. The van der Waals surface area contributed by atoms with E-state index in [2.05, 4.69) is 16.6 Å². The zero-order valence-corrected chi connectivity index (χ0v) is 7.76. The summed E-state index contributed by atoms with van der Waals surface area (Å²) in [5.74, 6) is 2.01. The van der Waals surface area contributed by atoms with Crippen molar-refractivity contribution in [3.8, 4) is 12.3 Å². The molecular formula is C8H13N3O2. The summed E-state index contributed by atoms with van der Waals surface area (Å²) in [7, 11) is 3.14. The van der Waals surface area contributed by atoms with E-state index in [4.69, 9.17) is 6.42 Å². The summed E-state index contributed by atoms with van der Waals surface area (Å²) in [6, 6.07) is -0.515. The molecule has 2 N–H and O–H groups in total. The monoisotopic (exact) mass is 183 g/mol. The predicted molar refractivity (Wildman–Crippen MR) is 48.9 cm³/mol. The Kier molecular flexibility index (Phi) is 5.32. The molecule has 0 aliphatic heterocycles. The molecule has 0 atom stereocenters. The fraction of sp³-hybridized carbons (Fsp3) is 0.500. The van der Waals surface area contributed by atoms with Crippen molar-refractivity contribution in [2.75, 3.05) is 27.2 Å². The minimum Gasteiger partial charge on any atom is -0.341 e. The maximum Gasteiger partial charge on any atom is 0.321 e. The summed E-state index contributed by atoms with van der Waals surface area (Å²) >= 11 is 0. The average Bonchev–Trinajstić information content (AvgIpc) is 2.04. The van der Waals surface area contributed by atoms with E-state index in [1.165, 1.54) is 7.05 Å². The van der Waals surface area contributed by atoms with E-state index >= 15 is 0 Å². The van der Waals surface area contributed by atoms with Gasteiger partial charge in [0.2, 0.25) is 5.91 Å². The molecule has 0 aromatic rings. The van der Waals surface area contributed by atoms with Crippen LogP contribution in [0.25, 0.3) is 0 Å². The summed E-state index contributed by atoms with van der Waals surface area (Å²) in [4.78, 5) is 23.3. The number of terminal acetylenes is 1. The van der Waals surface area contributed by atoms with Gasteiger partial charge in [-0.25, -0.2) is 4.79 Å². The molecule has 3 amide bonds. The molecule has 0 saturated carbocycles. The van der Waals surface area contributed by atoms with Crippen molar-refractivity contribution in [1.82, 2.24) is 15.5 Å². The van der Waals surface area contributed by atoms with Crippen molar-refractivity contribution in [1.29, 1.82) is 0 Å². The van der Waals surface area contributed by atoms with Gasteiger partial charge in [-0.15, -0.1) is 6.42 Å². The average molecular weight is 183 g/mol. The smallest absolute Gasteiger partial charge is 0.321 e. The minimum atomic E-state index is -0.515. The van der Waals surface area contributed by atoms with Crippen LogP contribution >= 0.6 is 0 Å². The number of carbonyl (C=O) groups excluding carboxylic acids is 2. The molecular weight excluding hydrogens is 170 g/mol. The number of amides is 3. The predicted octanol–water partition coefficient (Wildman–Crippen LogP) is -0.993. The molecule has 0 aliphatic rings. The molecule has 13 heavy (non-hydrogen) atoms. The van der Waals surface area contributed by atoms with Gasteiger partial charge >= 0.3 is 6.03 Å². The molecule has 0 saturated heterocycles. The van der Waals surface area contributed by atoms with Gasteiger partial charge in [-0.2, -0.15) is 0 Å². The number of likely N-dealkylation sites (N-methyl/N-ethyl adjacent to an activating group) is 1. The summed E-state index contributed by atoms with van der Waals surface area (Å²) in [6.45, 7) is 0.485. The van der Waals surface area contributed by atoms with Gasteiger partial charge < -0.3 is 5.32 Å². The Labute approximate surface area is 77.5 Å². The van der Waals surface area contributed by atoms with Gasteiger partial charge in [0.05, 0.1) is 13.1 Å². The number of urea groups is 1. The van der Waals surface area contributed by atoms with Crippen LogP contribution in [-0.4, -0.2) is 44.0 Å². The number of rotatable bonds is 3. The van der Waals surface area contributed by atoms with E-state index in [0.29, 0.717) is 6.54 Å². The lowest BCUT2D eigenvalue weighted by Gasteiger charge is -2.11. The summed E-state index contributed by atoms with van der Waals surface area (Å²) < 4.78 is 0. The zero-order valence-electron chi connectivity index (χ0n) is 7.76. The first-order valence-electron chi connectivity index (χ1n) is 3.73. The summed E-state index contributed by atoms with van der Waals surface area (Å²) in [6.07, 6.45) is 5.03. The lowest BCUT2D eigenvalue weighted by molar-refractivity contribution is -0.120. The zero-order chi connectivity index (χ0) is 10.3. The first kappa shape index (κ1) is 11.5. The van der Waals surface area contributed by atoms with Gasteiger partial charge in [0.25, 0.3) is 0 Å². The molecule has 0 heterocycles. The molecule has 72 valence electrons. The lowest BCUT2D eigenvalue weighted by atomic mass is 10.5. The van der Waals surface area contributed by atoms with Crippen LogP contribution in [0.15, 0.2) is 0 Å².